The van der Waals surface area contributed by atoms with Gasteiger partial charge in [-0.25, -0.2) is 4.79 Å². The number of nitrogens with zero attached hydrogens (tertiary/aromatic N) is 1. The third kappa shape index (κ3) is 4.00. The fourth-order valence-electron chi connectivity index (χ4n) is 3.73. The first-order valence-electron chi connectivity index (χ1n) is 9.27. The van der Waals surface area contributed by atoms with Crippen molar-refractivity contribution in [3.05, 3.63) is 57.9 Å². The smallest absolute Gasteiger partial charge is 0.337 e. The van der Waals surface area contributed by atoms with Gasteiger partial charge in [0.2, 0.25) is 0 Å². The van der Waals surface area contributed by atoms with E-state index in [0.29, 0.717) is 18.7 Å². The maximum absolute atomic E-state index is 11.9. The Kier molecular flexibility index (Phi) is 5.79. The topological polar surface area (TPSA) is 63.5 Å². The van der Waals surface area contributed by atoms with E-state index in [9.17, 15) is 9.90 Å². The molecular formula is C21H28N2O3. The lowest BCUT2D eigenvalue weighted by Gasteiger charge is -2.12. The molecule has 1 aliphatic heterocycles. The van der Waals surface area contributed by atoms with E-state index in [4.69, 9.17) is 4.74 Å². The zero-order chi connectivity index (χ0) is 18.7. The first-order chi connectivity index (χ1) is 12.5. The molecule has 26 heavy (non-hydrogen) atoms. The number of rotatable bonds is 7. The molecule has 1 aliphatic rings. The first-order valence-corrected chi connectivity index (χ1v) is 9.27. The summed E-state index contributed by atoms with van der Waals surface area (Å²) in [4.78, 5) is 11.9. The van der Waals surface area contributed by atoms with Gasteiger partial charge < -0.3 is 19.7 Å². The van der Waals surface area contributed by atoms with Crippen LogP contribution in [0.4, 0.5) is 0 Å². The van der Waals surface area contributed by atoms with Gasteiger partial charge in [-0.05, 0) is 39.2 Å². The Hall–Kier alpha value is -2.11. The Labute approximate surface area is 155 Å². The quantitative estimate of drug-likeness (QED) is 0.798. The Morgan fingerprint density at radius 1 is 1.23 bits per heavy atom. The van der Waals surface area contributed by atoms with Gasteiger partial charge in [-0.3, -0.25) is 0 Å². The van der Waals surface area contributed by atoms with Crippen LogP contribution in [-0.2, 0) is 17.8 Å². The number of hydrogen-bond donors (Lipinski definition) is 2. The zero-order valence-electron chi connectivity index (χ0n) is 15.8. The fourth-order valence-corrected chi connectivity index (χ4v) is 3.73. The van der Waals surface area contributed by atoms with Crippen molar-refractivity contribution in [2.75, 3.05) is 13.2 Å². The molecule has 3 rings (SSSR count). The van der Waals surface area contributed by atoms with E-state index in [2.05, 4.69) is 41.1 Å². The molecule has 0 aliphatic carbocycles. The number of aryl methyl sites for hydroxylation is 1. The molecular weight excluding hydrogens is 328 g/mol. The molecule has 5 nitrogen and oxygen atoms in total. The van der Waals surface area contributed by atoms with Gasteiger partial charge >= 0.3 is 5.97 Å². The molecule has 2 aromatic rings. The van der Waals surface area contributed by atoms with Crippen LogP contribution in [0.25, 0.3) is 0 Å². The van der Waals surface area contributed by atoms with Gasteiger partial charge in [-0.15, -0.1) is 0 Å². The summed E-state index contributed by atoms with van der Waals surface area (Å²) in [5.74, 6) is -0.859. The molecule has 0 spiro atoms. The van der Waals surface area contributed by atoms with Crippen LogP contribution in [0.5, 0.6) is 0 Å². The summed E-state index contributed by atoms with van der Waals surface area (Å²) in [6.07, 6.45) is 2.43. The third-order valence-electron chi connectivity index (χ3n) is 5.28. The minimum Gasteiger partial charge on any atom is -0.478 e. The number of carbonyl (C=O) groups is 1. The van der Waals surface area contributed by atoms with Crippen molar-refractivity contribution in [1.29, 1.82) is 0 Å². The number of carboxylic acid groups (broad SMARTS) is 1. The van der Waals surface area contributed by atoms with Gasteiger partial charge in [0.05, 0.1) is 11.7 Å². The minimum atomic E-state index is -0.859. The van der Waals surface area contributed by atoms with Crippen molar-refractivity contribution >= 4 is 5.97 Å². The molecule has 1 atom stereocenters. The van der Waals surface area contributed by atoms with Crippen molar-refractivity contribution in [2.45, 2.75) is 52.8 Å². The molecule has 140 valence electrons. The molecule has 0 saturated carbocycles. The SMILES string of the molecule is Cc1ccc(Cn2c(C)c(CNC[C@H]3CCCO3)c(C(=O)O)c2C)cc1. The van der Waals surface area contributed by atoms with E-state index in [0.717, 1.165) is 42.9 Å². The molecule has 1 saturated heterocycles. The van der Waals surface area contributed by atoms with Crippen molar-refractivity contribution in [3.8, 4) is 0 Å². The van der Waals surface area contributed by atoms with Crippen LogP contribution in [0.3, 0.4) is 0 Å². The van der Waals surface area contributed by atoms with Crippen LogP contribution >= 0.6 is 0 Å². The average molecular weight is 356 g/mol. The lowest BCUT2D eigenvalue weighted by molar-refractivity contribution is 0.0694. The summed E-state index contributed by atoms with van der Waals surface area (Å²) in [6.45, 7) is 8.80. The first kappa shape index (κ1) is 18.7. The summed E-state index contributed by atoms with van der Waals surface area (Å²) < 4.78 is 7.74. The van der Waals surface area contributed by atoms with Gasteiger partial charge in [0.1, 0.15) is 0 Å². The largest absolute Gasteiger partial charge is 0.478 e. The molecule has 1 aromatic carbocycles. The second kappa shape index (κ2) is 8.06. The van der Waals surface area contributed by atoms with Crippen LogP contribution < -0.4 is 5.32 Å². The highest BCUT2D eigenvalue weighted by Gasteiger charge is 2.23. The normalized spacial score (nSPS) is 17.0. The van der Waals surface area contributed by atoms with Crippen LogP contribution in [0.15, 0.2) is 24.3 Å². The molecule has 0 radical (unpaired) electrons. The number of carboxylic acids is 1. The zero-order valence-corrected chi connectivity index (χ0v) is 15.8. The Morgan fingerprint density at radius 3 is 2.58 bits per heavy atom. The molecule has 0 unspecified atom stereocenters. The lowest BCUT2D eigenvalue weighted by Crippen LogP contribution is -2.26. The monoisotopic (exact) mass is 356 g/mol. The molecule has 5 heteroatoms. The molecule has 0 bridgehead atoms. The van der Waals surface area contributed by atoms with E-state index < -0.39 is 5.97 Å². The lowest BCUT2D eigenvalue weighted by atomic mass is 10.1. The number of nitrogens with one attached hydrogen (secondary N) is 1. The maximum atomic E-state index is 11.9. The summed E-state index contributed by atoms with van der Waals surface area (Å²) in [5.41, 5.74) is 5.52. The number of aromatic carboxylic acids is 1. The summed E-state index contributed by atoms with van der Waals surface area (Å²) in [6, 6.07) is 8.38. The second-order valence-corrected chi connectivity index (χ2v) is 7.17. The molecule has 0 amide bonds. The van der Waals surface area contributed by atoms with E-state index in [1.165, 1.54) is 11.1 Å². The molecule has 2 heterocycles. The fraction of sp³-hybridized carbons (Fsp3) is 0.476. The summed E-state index contributed by atoms with van der Waals surface area (Å²) in [7, 11) is 0. The third-order valence-corrected chi connectivity index (χ3v) is 5.28. The number of aromatic nitrogens is 1. The van der Waals surface area contributed by atoms with Gasteiger partial charge in [0.15, 0.2) is 0 Å². The van der Waals surface area contributed by atoms with Crippen molar-refractivity contribution in [2.24, 2.45) is 0 Å². The highest BCUT2D eigenvalue weighted by Crippen LogP contribution is 2.24. The Bertz CT molecular complexity index is 772. The van der Waals surface area contributed by atoms with Gasteiger partial charge in [-0.1, -0.05) is 29.8 Å². The standard InChI is InChI=1S/C21H28N2O3/c1-14-6-8-17(9-7-14)13-23-15(2)19(20(16(23)3)21(24)25)12-22-11-18-5-4-10-26-18/h6-9,18,22H,4-5,10-13H2,1-3H3,(H,24,25)/t18-/m1/s1. The predicted octanol–water partition coefficient (Wildman–Crippen LogP) is 3.43. The highest BCUT2D eigenvalue weighted by molar-refractivity contribution is 5.91. The van der Waals surface area contributed by atoms with Crippen molar-refractivity contribution in [1.82, 2.24) is 9.88 Å². The average Bonchev–Trinajstić information content (AvgIpc) is 3.19. The van der Waals surface area contributed by atoms with E-state index >= 15 is 0 Å². The number of ether oxygens (including phenoxy) is 1. The van der Waals surface area contributed by atoms with E-state index in [1.807, 2.05) is 13.8 Å². The number of benzene rings is 1. The van der Waals surface area contributed by atoms with Gasteiger partial charge in [-0.2, -0.15) is 0 Å². The highest BCUT2D eigenvalue weighted by atomic mass is 16.5. The molecule has 2 N–H and O–H groups in total. The Morgan fingerprint density at radius 2 is 1.96 bits per heavy atom. The van der Waals surface area contributed by atoms with E-state index in [1.54, 1.807) is 0 Å². The van der Waals surface area contributed by atoms with Gasteiger partial charge in [0.25, 0.3) is 0 Å². The second-order valence-electron chi connectivity index (χ2n) is 7.17. The van der Waals surface area contributed by atoms with Gasteiger partial charge in [0, 0.05) is 43.2 Å². The van der Waals surface area contributed by atoms with Crippen LogP contribution in [0, 0.1) is 20.8 Å². The summed E-state index contributed by atoms with van der Waals surface area (Å²) in [5, 5.41) is 13.1. The molecule has 1 fully saturated rings. The van der Waals surface area contributed by atoms with Crippen molar-refractivity contribution < 1.29 is 14.6 Å². The summed E-state index contributed by atoms with van der Waals surface area (Å²) >= 11 is 0. The van der Waals surface area contributed by atoms with E-state index in [-0.39, 0.29) is 6.10 Å². The van der Waals surface area contributed by atoms with Crippen molar-refractivity contribution in [3.63, 3.8) is 0 Å². The van der Waals surface area contributed by atoms with Crippen LogP contribution in [-0.4, -0.2) is 34.9 Å². The van der Waals surface area contributed by atoms with Crippen LogP contribution in [0.1, 0.15) is 51.3 Å². The predicted molar refractivity (Wildman–Crippen MR) is 102 cm³/mol. The van der Waals surface area contributed by atoms with Crippen LogP contribution in [0.2, 0.25) is 0 Å². The number of hydrogen-bond acceptors (Lipinski definition) is 3. The maximum Gasteiger partial charge on any atom is 0.337 e. The minimum absolute atomic E-state index is 0.249. The molecule has 1 aromatic heterocycles. The Balaban J connectivity index is 1.80.